The molecule has 1 unspecified atom stereocenters. The molecule has 1 aromatic carbocycles. The molecular weight excluding hydrogens is 458 g/mol. The monoisotopic (exact) mass is 488 g/mol. The molecule has 0 radical (unpaired) electrons. The average molecular weight is 489 g/mol. The number of aryl methyl sites for hydroxylation is 2. The SMILES string of the molecule is CC(=O)[C@@H](OC(C)(C)C)c1c(C)nc2c(c(C)c(C)n2CC2CC2(F)F)c1-c1ccc(Cl)cc1. The molecule has 34 heavy (non-hydrogen) atoms. The van der Waals surface area contributed by atoms with Crippen molar-refractivity contribution < 1.29 is 18.3 Å². The number of ketones is 1. The molecule has 182 valence electrons. The van der Waals surface area contributed by atoms with E-state index in [2.05, 4.69) is 0 Å². The summed E-state index contributed by atoms with van der Waals surface area (Å²) in [5, 5.41) is 1.45. The maximum atomic E-state index is 13.8. The summed E-state index contributed by atoms with van der Waals surface area (Å²) in [6.45, 7) is 13.2. The van der Waals surface area contributed by atoms with Crippen LogP contribution in [0.1, 0.15) is 62.7 Å². The number of carbonyl (C=O) groups is 1. The van der Waals surface area contributed by atoms with Crippen LogP contribution in [-0.2, 0) is 16.1 Å². The van der Waals surface area contributed by atoms with Crippen LogP contribution in [0.4, 0.5) is 8.78 Å². The number of rotatable bonds is 6. The highest BCUT2D eigenvalue weighted by molar-refractivity contribution is 6.30. The van der Waals surface area contributed by atoms with Gasteiger partial charge in [0.2, 0.25) is 0 Å². The molecule has 0 saturated heterocycles. The fourth-order valence-corrected chi connectivity index (χ4v) is 4.77. The number of ether oxygens (including phenoxy) is 1. The predicted molar refractivity (Wildman–Crippen MR) is 132 cm³/mol. The first-order valence-corrected chi connectivity index (χ1v) is 11.9. The summed E-state index contributed by atoms with van der Waals surface area (Å²) < 4.78 is 35.8. The Bertz CT molecular complexity index is 1270. The van der Waals surface area contributed by atoms with E-state index in [9.17, 15) is 13.6 Å². The molecule has 2 heterocycles. The number of pyridine rings is 1. The number of Topliss-reactive ketones (excluding diaryl/α,β-unsaturated/α-hetero) is 1. The van der Waals surface area contributed by atoms with E-state index in [4.69, 9.17) is 21.3 Å². The number of fused-ring (bicyclic) bond motifs is 1. The van der Waals surface area contributed by atoms with Gasteiger partial charge in [0, 0.05) is 51.8 Å². The lowest BCUT2D eigenvalue weighted by Gasteiger charge is -2.29. The number of hydrogen-bond donors (Lipinski definition) is 0. The number of halogens is 3. The third-order valence-electron chi connectivity index (χ3n) is 6.58. The Morgan fingerprint density at radius 3 is 2.32 bits per heavy atom. The van der Waals surface area contributed by atoms with Crippen molar-refractivity contribution in [3.63, 3.8) is 0 Å². The van der Waals surface area contributed by atoms with Gasteiger partial charge in [-0.15, -0.1) is 0 Å². The zero-order chi connectivity index (χ0) is 25.2. The largest absolute Gasteiger partial charge is 0.360 e. The topological polar surface area (TPSA) is 44.1 Å². The Kier molecular flexibility index (Phi) is 6.14. The van der Waals surface area contributed by atoms with Crippen LogP contribution in [0.5, 0.6) is 0 Å². The number of aromatic nitrogens is 2. The molecule has 0 bridgehead atoms. The average Bonchev–Trinajstić information content (AvgIpc) is 3.27. The lowest BCUT2D eigenvalue weighted by molar-refractivity contribution is -0.138. The molecule has 3 aromatic rings. The van der Waals surface area contributed by atoms with Crippen LogP contribution in [-0.4, -0.2) is 26.9 Å². The van der Waals surface area contributed by atoms with Gasteiger partial charge in [0.25, 0.3) is 5.92 Å². The van der Waals surface area contributed by atoms with Crippen LogP contribution in [0.25, 0.3) is 22.2 Å². The maximum Gasteiger partial charge on any atom is 0.253 e. The molecule has 1 aliphatic rings. The maximum absolute atomic E-state index is 13.8. The second-order valence-electron chi connectivity index (χ2n) is 10.4. The lowest BCUT2D eigenvalue weighted by atomic mass is 9.90. The molecule has 2 aromatic heterocycles. The quantitative estimate of drug-likeness (QED) is 0.363. The fraction of sp³-hybridized carbons (Fsp3) is 0.481. The van der Waals surface area contributed by atoms with Gasteiger partial charge in [-0.05, 0) is 71.7 Å². The Morgan fingerprint density at radius 1 is 1.24 bits per heavy atom. The van der Waals surface area contributed by atoms with E-state index in [0.717, 1.165) is 27.8 Å². The van der Waals surface area contributed by atoms with Gasteiger partial charge in [-0.2, -0.15) is 0 Å². The Morgan fingerprint density at radius 2 is 1.82 bits per heavy atom. The van der Waals surface area contributed by atoms with Gasteiger partial charge in [0.05, 0.1) is 5.60 Å². The molecule has 1 aliphatic carbocycles. The minimum absolute atomic E-state index is 0.0991. The van der Waals surface area contributed by atoms with Gasteiger partial charge >= 0.3 is 0 Å². The third-order valence-corrected chi connectivity index (χ3v) is 6.83. The number of alkyl halides is 2. The summed E-state index contributed by atoms with van der Waals surface area (Å²) in [6.07, 6.45) is -0.920. The zero-order valence-electron chi connectivity index (χ0n) is 20.7. The Labute approximate surface area is 204 Å². The molecule has 4 rings (SSSR count). The fourth-order valence-electron chi connectivity index (χ4n) is 4.64. The van der Waals surface area contributed by atoms with Crippen LogP contribution in [0.15, 0.2) is 24.3 Å². The Balaban J connectivity index is 2.05. The smallest absolute Gasteiger partial charge is 0.253 e. The predicted octanol–water partition coefficient (Wildman–Crippen LogP) is 7.38. The minimum Gasteiger partial charge on any atom is -0.360 e. The van der Waals surface area contributed by atoms with Gasteiger partial charge in [-0.3, -0.25) is 4.79 Å². The van der Waals surface area contributed by atoms with Crippen molar-refractivity contribution in [2.75, 3.05) is 0 Å². The second-order valence-corrected chi connectivity index (χ2v) is 10.8. The van der Waals surface area contributed by atoms with Crippen LogP contribution in [0.2, 0.25) is 5.02 Å². The van der Waals surface area contributed by atoms with Crippen molar-refractivity contribution in [3.8, 4) is 11.1 Å². The summed E-state index contributed by atoms with van der Waals surface area (Å²) in [7, 11) is 0. The minimum atomic E-state index is -2.62. The van der Waals surface area contributed by atoms with E-state index in [-0.39, 0.29) is 18.7 Å². The highest BCUT2D eigenvalue weighted by Gasteiger charge is 2.57. The van der Waals surface area contributed by atoms with Crippen LogP contribution in [0.3, 0.4) is 0 Å². The molecular formula is C27H31ClF2N2O2. The van der Waals surface area contributed by atoms with E-state index in [0.29, 0.717) is 21.9 Å². The van der Waals surface area contributed by atoms with Gasteiger partial charge in [-0.1, -0.05) is 23.7 Å². The van der Waals surface area contributed by atoms with Gasteiger partial charge in [-0.25, -0.2) is 13.8 Å². The van der Waals surface area contributed by atoms with Crippen molar-refractivity contribution >= 4 is 28.4 Å². The van der Waals surface area contributed by atoms with Crippen LogP contribution < -0.4 is 0 Å². The summed E-state index contributed by atoms with van der Waals surface area (Å²) in [4.78, 5) is 17.8. The molecule has 1 saturated carbocycles. The van der Waals surface area contributed by atoms with Crippen molar-refractivity contribution in [2.24, 2.45) is 5.92 Å². The molecule has 7 heteroatoms. The van der Waals surface area contributed by atoms with Gasteiger partial charge in [0.15, 0.2) is 5.78 Å². The summed E-state index contributed by atoms with van der Waals surface area (Å²) in [5.41, 5.74) is 4.99. The Hall–Kier alpha value is -2.31. The molecule has 0 amide bonds. The molecule has 0 spiro atoms. The molecule has 0 aliphatic heterocycles. The van der Waals surface area contributed by atoms with Crippen molar-refractivity contribution in [1.82, 2.24) is 9.55 Å². The van der Waals surface area contributed by atoms with E-state index in [1.807, 2.05) is 58.2 Å². The summed E-state index contributed by atoms with van der Waals surface area (Å²) >= 11 is 6.17. The van der Waals surface area contributed by atoms with Crippen molar-refractivity contribution in [1.29, 1.82) is 0 Å². The number of nitrogens with zero attached hydrogens (tertiary/aromatic N) is 2. The second kappa shape index (κ2) is 8.42. The molecule has 0 N–H and O–H groups in total. The van der Waals surface area contributed by atoms with Crippen molar-refractivity contribution in [2.45, 2.75) is 79.1 Å². The van der Waals surface area contributed by atoms with E-state index >= 15 is 0 Å². The normalized spacial score (nSPS) is 18.4. The lowest BCUT2D eigenvalue weighted by Crippen LogP contribution is -2.27. The number of benzene rings is 1. The van der Waals surface area contributed by atoms with Crippen molar-refractivity contribution in [3.05, 3.63) is 51.8 Å². The summed E-state index contributed by atoms with van der Waals surface area (Å²) in [6, 6.07) is 7.43. The standard InChI is InChI=1S/C27H31ClF2N2O2/c1-14-16(3)32(13-19-12-27(19,29)30)25-21(14)23(18-8-10-20(28)11-9-18)22(15(2)31-25)24(17(4)33)34-26(5,6)7/h8-11,19,24H,12-13H2,1-7H3/t19?,24-/m1/s1. The zero-order valence-corrected chi connectivity index (χ0v) is 21.5. The first-order valence-electron chi connectivity index (χ1n) is 11.5. The molecule has 2 atom stereocenters. The highest BCUT2D eigenvalue weighted by Crippen LogP contribution is 2.50. The van der Waals surface area contributed by atoms with Crippen LogP contribution >= 0.6 is 11.6 Å². The van der Waals surface area contributed by atoms with Gasteiger partial charge in [0.1, 0.15) is 11.8 Å². The number of hydrogen-bond acceptors (Lipinski definition) is 3. The first-order chi connectivity index (χ1) is 15.7. The molecule has 4 nitrogen and oxygen atoms in total. The highest BCUT2D eigenvalue weighted by atomic mass is 35.5. The van der Waals surface area contributed by atoms with E-state index in [1.165, 1.54) is 6.92 Å². The van der Waals surface area contributed by atoms with E-state index < -0.39 is 23.5 Å². The molecule has 1 fully saturated rings. The first kappa shape index (κ1) is 24.8. The van der Waals surface area contributed by atoms with Gasteiger partial charge < -0.3 is 9.30 Å². The summed E-state index contributed by atoms with van der Waals surface area (Å²) in [5.74, 6) is -3.43. The van der Waals surface area contributed by atoms with Crippen LogP contribution in [0, 0.1) is 26.7 Å². The number of carbonyl (C=O) groups excluding carboxylic acids is 1. The third kappa shape index (κ3) is 4.50. The van der Waals surface area contributed by atoms with E-state index in [1.54, 1.807) is 12.1 Å².